The van der Waals surface area contributed by atoms with Crippen molar-refractivity contribution in [2.45, 2.75) is 45.1 Å². The largest absolute Gasteiger partial charge is 0.481 e. The Bertz CT molecular complexity index is 277. The smallest absolute Gasteiger partial charge is 0.303 e. The Morgan fingerprint density at radius 1 is 1.41 bits per heavy atom. The highest BCUT2D eigenvalue weighted by molar-refractivity contribution is 5.76. The third-order valence-corrected chi connectivity index (χ3v) is 3.28. The van der Waals surface area contributed by atoms with E-state index in [0.717, 1.165) is 19.3 Å². The van der Waals surface area contributed by atoms with Crippen LogP contribution in [0.2, 0.25) is 0 Å². The van der Waals surface area contributed by atoms with Gasteiger partial charge in [-0.1, -0.05) is 13.3 Å². The number of carboxylic acid groups (broad SMARTS) is 1. The fourth-order valence-corrected chi connectivity index (χ4v) is 1.84. The van der Waals surface area contributed by atoms with Crippen molar-refractivity contribution in [1.29, 1.82) is 0 Å². The molecule has 0 aliphatic heterocycles. The lowest BCUT2D eigenvalue weighted by Crippen LogP contribution is -2.35. The SMILES string of the molecule is CCC(CNC(=O)CC(N)C1CC1)CC(=O)O. The molecule has 0 bridgehead atoms. The number of rotatable bonds is 8. The van der Waals surface area contributed by atoms with Crippen LogP contribution >= 0.6 is 0 Å². The molecule has 0 spiro atoms. The molecule has 4 N–H and O–H groups in total. The maximum atomic E-state index is 11.6. The Labute approximate surface area is 102 Å². The number of carboxylic acids is 1. The number of carbonyl (C=O) groups excluding carboxylic acids is 1. The molecule has 5 heteroatoms. The zero-order chi connectivity index (χ0) is 12.8. The van der Waals surface area contributed by atoms with Crippen LogP contribution in [0.15, 0.2) is 0 Å². The molecule has 0 heterocycles. The second-order valence-corrected chi connectivity index (χ2v) is 4.88. The normalized spacial score (nSPS) is 18.5. The summed E-state index contributed by atoms with van der Waals surface area (Å²) in [7, 11) is 0. The average Bonchev–Trinajstić information content (AvgIpc) is 3.07. The van der Waals surface area contributed by atoms with Crippen molar-refractivity contribution in [3.63, 3.8) is 0 Å². The summed E-state index contributed by atoms with van der Waals surface area (Å²) in [6, 6.07) is -0.0328. The summed E-state index contributed by atoms with van der Waals surface area (Å²) < 4.78 is 0. The molecule has 1 aliphatic rings. The quantitative estimate of drug-likeness (QED) is 0.585. The van der Waals surface area contributed by atoms with E-state index in [2.05, 4.69) is 5.32 Å². The second-order valence-electron chi connectivity index (χ2n) is 4.88. The van der Waals surface area contributed by atoms with Crippen LogP contribution in [0, 0.1) is 11.8 Å². The van der Waals surface area contributed by atoms with Crippen molar-refractivity contribution < 1.29 is 14.7 Å². The van der Waals surface area contributed by atoms with Crippen LogP contribution in [0.25, 0.3) is 0 Å². The third kappa shape index (κ3) is 5.68. The lowest BCUT2D eigenvalue weighted by Gasteiger charge is -2.15. The molecule has 0 aromatic rings. The molecule has 0 radical (unpaired) electrons. The van der Waals surface area contributed by atoms with Gasteiger partial charge in [-0.25, -0.2) is 0 Å². The van der Waals surface area contributed by atoms with Crippen molar-refractivity contribution in [2.24, 2.45) is 17.6 Å². The zero-order valence-electron chi connectivity index (χ0n) is 10.3. The molecule has 0 aromatic carbocycles. The molecule has 1 saturated carbocycles. The number of nitrogens with two attached hydrogens (primary N) is 1. The summed E-state index contributed by atoms with van der Waals surface area (Å²) in [4.78, 5) is 22.1. The van der Waals surface area contributed by atoms with E-state index in [0.29, 0.717) is 18.9 Å². The maximum absolute atomic E-state index is 11.6. The number of hydrogen-bond acceptors (Lipinski definition) is 3. The number of nitrogens with one attached hydrogen (secondary N) is 1. The van der Waals surface area contributed by atoms with Crippen molar-refractivity contribution in [3.05, 3.63) is 0 Å². The van der Waals surface area contributed by atoms with Crippen molar-refractivity contribution >= 4 is 11.9 Å². The van der Waals surface area contributed by atoms with Gasteiger partial charge in [-0.3, -0.25) is 9.59 Å². The van der Waals surface area contributed by atoms with Gasteiger partial charge in [0.2, 0.25) is 5.91 Å². The van der Waals surface area contributed by atoms with Gasteiger partial charge in [0.15, 0.2) is 0 Å². The molecular weight excluding hydrogens is 220 g/mol. The molecule has 2 unspecified atom stereocenters. The fourth-order valence-electron chi connectivity index (χ4n) is 1.84. The molecule has 2 atom stereocenters. The first-order chi connectivity index (χ1) is 8.02. The fraction of sp³-hybridized carbons (Fsp3) is 0.833. The minimum atomic E-state index is -0.819. The Hall–Kier alpha value is -1.10. The van der Waals surface area contributed by atoms with E-state index in [9.17, 15) is 9.59 Å². The minimum absolute atomic E-state index is 0.00796. The summed E-state index contributed by atoms with van der Waals surface area (Å²) in [5, 5.41) is 11.4. The molecule has 1 fully saturated rings. The van der Waals surface area contributed by atoms with Gasteiger partial charge in [-0.2, -0.15) is 0 Å². The summed E-state index contributed by atoms with van der Waals surface area (Å²) in [6.45, 7) is 2.36. The molecule has 1 amide bonds. The van der Waals surface area contributed by atoms with Gasteiger partial charge in [0.25, 0.3) is 0 Å². The third-order valence-electron chi connectivity index (χ3n) is 3.28. The summed E-state index contributed by atoms with van der Waals surface area (Å²) in [6.07, 6.45) is 3.47. The van der Waals surface area contributed by atoms with Crippen LogP contribution in [0.4, 0.5) is 0 Å². The molecular formula is C12H22N2O3. The summed E-state index contributed by atoms with van der Waals surface area (Å²) in [5.74, 6) is -0.357. The van der Waals surface area contributed by atoms with Gasteiger partial charge < -0.3 is 16.2 Å². The van der Waals surface area contributed by atoms with Crippen molar-refractivity contribution in [2.75, 3.05) is 6.54 Å². The van der Waals surface area contributed by atoms with E-state index in [1.165, 1.54) is 0 Å². The predicted molar refractivity (Wildman–Crippen MR) is 64.4 cm³/mol. The van der Waals surface area contributed by atoms with Crippen LogP contribution in [-0.4, -0.2) is 29.6 Å². The Morgan fingerprint density at radius 3 is 2.53 bits per heavy atom. The van der Waals surface area contributed by atoms with Crippen molar-refractivity contribution in [3.8, 4) is 0 Å². The molecule has 98 valence electrons. The standard InChI is InChI=1S/C12H22N2O3/c1-2-8(5-12(16)17)7-14-11(15)6-10(13)9-3-4-9/h8-10H,2-7,13H2,1H3,(H,14,15)(H,16,17). The van der Waals surface area contributed by atoms with Gasteiger partial charge in [-0.15, -0.1) is 0 Å². The molecule has 5 nitrogen and oxygen atoms in total. The van der Waals surface area contributed by atoms with Crippen LogP contribution in [0.5, 0.6) is 0 Å². The van der Waals surface area contributed by atoms with Gasteiger partial charge in [0.1, 0.15) is 0 Å². The average molecular weight is 242 g/mol. The highest BCUT2D eigenvalue weighted by Crippen LogP contribution is 2.32. The molecule has 1 aliphatic carbocycles. The van der Waals surface area contributed by atoms with E-state index >= 15 is 0 Å². The van der Waals surface area contributed by atoms with Gasteiger partial charge in [-0.05, 0) is 24.7 Å². The molecule has 0 aromatic heterocycles. The first-order valence-electron chi connectivity index (χ1n) is 6.27. The summed E-state index contributed by atoms with van der Waals surface area (Å²) in [5.41, 5.74) is 5.84. The topological polar surface area (TPSA) is 92.4 Å². The van der Waals surface area contributed by atoms with Crippen LogP contribution in [0.1, 0.15) is 39.0 Å². The van der Waals surface area contributed by atoms with E-state index in [1.807, 2.05) is 6.92 Å². The number of hydrogen-bond donors (Lipinski definition) is 3. The molecule has 1 rings (SSSR count). The van der Waals surface area contributed by atoms with Crippen molar-refractivity contribution in [1.82, 2.24) is 5.32 Å². The van der Waals surface area contributed by atoms with E-state index in [1.54, 1.807) is 0 Å². The van der Waals surface area contributed by atoms with E-state index in [-0.39, 0.29) is 24.3 Å². The maximum Gasteiger partial charge on any atom is 0.303 e. The zero-order valence-corrected chi connectivity index (χ0v) is 10.3. The first kappa shape index (κ1) is 14.0. The highest BCUT2D eigenvalue weighted by Gasteiger charge is 2.29. The Morgan fingerprint density at radius 2 is 2.06 bits per heavy atom. The predicted octanol–water partition coefficient (Wildman–Crippen LogP) is 0.731. The first-order valence-corrected chi connectivity index (χ1v) is 6.27. The molecule has 0 saturated heterocycles. The minimum Gasteiger partial charge on any atom is -0.481 e. The number of amides is 1. The molecule has 17 heavy (non-hydrogen) atoms. The lowest BCUT2D eigenvalue weighted by molar-refractivity contribution is -0.138. The Balaban J connectivity index is 2.18. The number of carbonyl (C=O) groups is 2. The van der Waals surface area contributed by atoms with Gasteiger partial charge >= 0.3 is 5.97 Å². The second kappa shape index (κ2) is 6.59. The van der Waals surface area contributed by atoms with Crippen LogP contribution in [0.3, 0.4) is 0 Å². The monoisotopic (exact) mass is 242 g/mol. The van der Waals surface area contributed by atoms with E-state index < -0.39 is 5.97 Å². The van der Waals surface area contributed by atoms with E-state index in [4.69, 9.17) is 10.8 Å². The lowest BCUT2D eigenvalue weighted by atomic mass is 10.0. The summed E-state index contributed by atoms with van der Waals surface area (Å²) >= 11 is 0. The highest BCUT2D eigenvalue weighted by atomic mass is 16.4. The van der Waals surface area contributed by atoms with Crippen LogP contribution < -0.4 is 11.1 Å². The van der Waals surface area contributed by atoms with Gasteiger partial charge in [0, 0.05) is 25.4 Å². The van der Waals surface area contributed by atoms with Gasteiger partial charge in [0.05, 0.1) is 0 Å². The van der Waals surface area contributed by atoms with Crippen LogP contribution in [-0.2, 0) is 9.59 Å². The Kier molecular flexibility index (Phi) is 5.41. The number of aliphatic carboxylic acids is 1.